The zero-order valence-corrected chi connectivity index (χ0v) is 12.1. The van der Waals surface area contributed by atoms with E-state index in [-0.39, 0.29) is 12.7 Å². The van der Waals surface area contributed by atoms with Gasteiger partial charge in [0.25, 0.3) is 5.91 Å². The number of carbonyl (C=O) groups is 1. The van der Waals surface area contributed by atoms with E-state index in [2.05, 4.69) is 5.32 Å². The van der Waals surface area contributed by atoms with Crippen molar-refractivity contribution >= 4 is 5.91 Å². The van der Waals surface area contributed by atoms with Crippen LogP contribution in [0.25, 0.3) is 0 Å². The molecule has 1 aromatic rings. The molecule has 2 unspecified atom stereocenters. The van der Waals surface area contributed by atoms with Crippen molar-refractivity contribution < 1.29 is 14.3 Å². The van der Waals surface area contributed by atoms with E-state index in [1.807, 2.05) is 0 Å². The van der Waals surface area contributed by atoms with E-state index >= 15 is 0 Å². The number of fused-ring (bicyclic) bond motifs is 1. The molecule has 0 bridgehead atoms. The van der Waals surface area contributed by atoms with Crippen molar-refractivity contribution in [1.82, 2.24) is 5.32 Å². The standard InChI is InChI=1S/C16H22N2O3/c17-8-12-3-1-2-4-13(12)9-18-16(19)11-5-6-14-15(7-11)21-10-20-14/h5-7,12-13H,1-4,8-10,17H2,(H,18,19). The first-order valence-electron chi connectivity index (χ1n) is 7.66. The Labute approximate surface area is 124 Å². The lowest BCUT2D eigenvalue weighted by Crippen LogP contribution is -2.36. The normalized spacial score (nSPS) is 23.9. The average molecular weight is 290 g/mol. The molecule has 5 heteroatoms. The number of ether oxygens (including phenoxy) is 2. The van der Waals surface area contributed by atoms with Gasteiger partial charge in [0.2, 0.25) is 6.79 Å². The minimum atomic E-state index is -0.0605. The van der Waals surface area contributed by atoms with Crippen LogP contribution in [-0.2, 0) is 0 Å². The van der Waals surface area contributed by atoms with Crippen LogP contribution >= 0.6 is 0 Å². The zero-order chi connectivity index (χ0) is 14.7. The van der Waals surface area contributed by atoms with Gasteiger partial charge in [-0.3, -0.25) is 4.79 Å². The molecule has 1 heterocycles. The Morgan fingerprint density at radius 1 is 1.19 bits per heavy atom. The van der Waals surface area contributed by atoms with Gasteiger partial charge in [-0.05, 0) is 49.4 Å². The molecule has 3 rings (SSSR count). The summed E-state index contributed by atoms with van der Waals surface area (Å²) in [7, 11) is 0. The van der Waals surface area contributed by atoms with Gasteiger partial charge in [-0.2, -0.15) is 0 Å². The van der Waals surface area contributed by atoms with Crippen LogP contribution in [0.5, 0.6) is 11.5 Å². The van der Waals surface area contributed by atoms with E-state index in [9.17, 15) is 4.79 Å². The summed E-state index contributed by atoms with van der Waals surface area (Å²) in [6.45, 7) is 1.64. The molecule has 0 saturated heterocycles. The summed E-state index contributed by atoms with van der Waals surface area (Å²) < 4.78 is 10.5. The molecule has 0 radical (unpaired) electrons. The fourth-order valence-electron chi connectivity index (χ4n) is 3.23. The van der Waals surface area contributed by atoms with E-state index in [1.165, 1.54) is 19.3 Å². The molecular weight excluding hydrogens is 268 g/mol. The Kier molecular flexibility index (Phi) is 4.29. The lowest BCUT2D eigenvalue weighted by molar-refractivity contribution is 0.0934. The Hall–Kier alpha value is -1.75. The third-order valence-corrected chi connectivity index (χ3v) is 4.53. The monoisotopic (exact) mass is 290 g/mol. The molecular formula is C16H22N2O3. The Bertz CT molecular complexity index is 518. The summed E-state index contributed by atoms with van der Waals surface area (Å²) >= 11 is 0. The summed E-state index contributed by atoms with van der Waals surface area (Å²) in [5, 5.41) is 3.03. The average Bonchev–Trinajstić information content (AvgIpc) is 3.00. The number of amides is 1. The van der Waals surface area contributed by atoms with Gasteiger partial charge in [-0.15, -0.1) is 0 Å². The van der Waals surface area contributed by atoms with Crippen molar-refractivity contribution in [3.05, 3.63) is 23.8 Å². The molecule has 0 spiro atoms. The minimum absolute atomic E-state index is 0.0605. The Balaban J connectivity index is 1.58. The largest absolute Gasteiger partial charge is 0.454 e. The smallest absolute Gasteiger partial charge is 0.251 e. The lowest BCUT2D eigenvalue weighted by atomic mass is 9.79. The maximum Gasteiger partial charge on any atom is 0.251 e. The van der Waals surface area contributed by atoms with Crippen LogP contribution in [0.15, 0.2) is 18.2 Å². The molecule has 0 aromatic heterocycles. The predicted molar refractivity (Wildman–Crippen MR) is 79.4 cm³/mol. The van der Waals surface area contributed by atoms with E-state index in [0.29, 0.717) is 42.0 Å². The molecule has 1 fully saturated rings. The molecule has 1 aromatic carbocycles. The van der Waals surface area contributed by atoms with Crippen LogP contribution < -0.4 is 20.5 Å². The second-order valence-corrected chi connectivity index (χ2v) is 5.82. The highest BCUT2D eigenvalue weighted by Gasteiger charge is 2.24. The number of rotatable bonds is 4. The molecule has 1 saturated carbocycles. The molecule has 114 valence electrons. The molecule has 1 amide bonds. The number of carbonyl (C=O) groups excluding carboxylic acids is 1. The van der Waals surface area contributed by atoms with E-state index in [0.717, 1.165) is 6.42 Å². The van der Waals surface area contributed by atoms with Crippen LogP contribution in [0.3, 0.4) is 0 Å². The number of benzene rings is 1. The number of nitrogens with one attached hydrogen (secondary N) is 1. The van der Waals surface area contributed by atoms with Gasteiger partial charge >= 0.3 is 0 Å². The summed E-state index contributed by atoms with van der Waals surface area (Å²) in [6, 6.07) is 5.28. The number of hydrogen-bond donors (Lipinski definition) is 2. The van der Waals surface area contributed by atoms with Gasteiger partial charge in [-0.1, -0.05) is 12.8 Å². The number of hydrogen-bond acceptors (Lipinski definition) is 4. The van der Waals surface area contributed by atoms with Crippen molar-refractivity contribution in [2.75, 3.05) is 19.9 Å². The first-order chi connectivity index (χ1) is 10.3. The molecule has 2 atom stereocenters. The second kappa shape index (κ2) is 6.35. The van der Waals surface area contributed by atoms with Gasteiger partial charge in [0.15, 0.2) is 11.5 Å². The van der Waals surface area contributed by atoms with Crippen LogP contribution in [0.2, 0.25) is 0 Å². The van der Waals surface area contributed by atoms with Crippen LogP contribution in [0.4, 0.5) is 0 Å². The SMILES string of the molecule is NCC1CCCCC1CNC(=O)c1ccc2c(c1)OCO2. The van der Waals surface area contributed by atoms with Crippen LogP contribution in [0.1, 0.15) is 36.0 Å². The first kappa shape index (κ1) is 14.2. The molecule has 1 aliphatic carbocycles. The molecule has 2 aliphatic rings. The highest BCUT2D eigenvalue weighted by molar-refractivity contribution is 5.94. The van der Waals surface area contributed by atoms with Crippen molar-refractivity contribution in [2.24, 2.45) is 17.6 Å². The fraction of sp³-hybridized carbons (Fsp3) is 0.562. The van der Waals surface area contributed by atoms with Crippen LogP contribution in [0, 0.1) is 11.8 Å². The maximum absolute atomic E-state index is 12.2. The second-order valence-electron chi connectivity index (χ2n) is 5.82. The lowest BCUT2D eigenvalue weighted by Gasteiger charge is -2.30. The Morgan fingerprint density at radius 3 is 2.76 bits per heavy atom. The Morgan fingerprint density at radius 2 is 1.95 bits per heavy atom. The number of nitrogens with two attached hydrogens (primary N) is 1. The molecule has 21 heavy (non-hydrogen) atoms. The minimum Gasteiger partial charge on any atom is -0.454 e. The van der Waals surface area contributed by atoms with E-state index in [4.69, 9.17) is 15.2 Å². The van der Waals surface area contributed by atoms with Crippen molar-refractivity contribution in [3.8, 4) is 11.5 Å². The summed E-state index contributed by atoms with van der Waals surface area (Å²) in [4.78, 5) is 12.2. The summed E-state index contributed by atoms with van der Waals surface area (Å²) in [5.41, 5.74) is 6.44. The predicted octanol–water partition coefficient (Wildman–Crippen LogP) is 1.91. The molecule has 5 nitrogen and oxygen atoms in total. The summed E-state index contributed by atoms with van der Waals surface area (Å²) in [5.74, 6) is 2.31. The van der Waals surface area contributed by atoms with Crippen LogP contribution in [-0.4, -0.2) is 25.8 Å². The molecule has 3 N–H and O–H groups in total. The van der Waals surface area contributed by atoms with Gasteiger partial charge < -0.3 is 20.5 Å². The molecule has 1 aliphatic heterocycles. The highest BCUT2D eigenvalue weighted by Crippen LogP contribution is 2.32. The van der Waals surface area contributed by atoms with E-state index < -0.39 is 0 Å². The van der Waals surface area contributed by atoms with Gasteiger partial charge in [0.05, 0.1) is 0 Å². The topological polar surface area (TPSA) is 73.6 Å². The van der Waals surface area contributed by atoms with Crippen molar-refractivity contribution in [2.45, 2.75) is 25.7 Å². The fourth-order valence-corrected chi connectivity index (χ4v) is 3.23. The van der Waals surface area contributed by atoms with E-state index in [1.54, 1.807) is 18.2 Å². The third kappa shape index (κ3) is 3.13. The third-order valence-electron chi connectivity index (χ3n) is 4.53. The first-order valence-corrected chi connectivity index (χ1v) is 7.66. The van der Waals surface area contributed by atoms with Gasteiger partial charge in [0.1, 0.15) is 0 Å². The van der Waals surface area contributed by atoms with Crippen molar-refractivity contribution in [3.63, 3.8) is 0 Å². The van der Waals surface area contributed by atoms with Gasteiger partial charge in [-0.25, -0.2) is 0 Å². The zero-order valence-electron chi connectivity index (χ0n) is 12.1. The highest BCUT2D eigenvalue weighted by atomic mass is 16.7. The van der Waals surface area contributed by atoms with Crippen molar-refractivity contribution in [1.29, 1.82) is 0 Å². The van der Waals surface area contributed by atoms with Gasteiger partial charge in [0, 0.05) is 12.1 Å². The maximum atomic E-state index is 12.2. The quantitative estimate of drug-likeness (QED) is 0.888. The summed E-state index contributed by atoms with van der Waals surface area (Å²) in [6.07, 6.45) is 4.83.